The number of rotatable bonds is 3. The highest BCUT2D eigenvalue weighted by atomic mass is 16.5. The van der Waals surface area contributed by atoms with Crippen molar-refractivity contribution in [1.82, 2.24) is 5.43 Å². The van der Waals surface area contributed by atoms with Gasteiger partial charge in [-0.05, 0) is 31.6 Å². The topological polar surface area (TPSA) is 56.5 Å². The minimum atomic E-state index is 0.321. The SMILES string of the molecule is NNC(C1CCOCC1)C1CCCO1. The highest BCUT2D eigenvalue weighted by Gasteiger charge is 2.32. The van der Waals surface area contributed by atoms with Crippen LogP contribution in [0.3, 0.4) is 0 Å². The van der Waals surface area contributed by atoms with Gasteiger partial charge in [-0.3, -0.25) is 11.3 Å². The molecule has 2 unspecified atom stereocenters. The van der Waals surface area contributed by atoms with Gasteiger partial charge in [0.25, 0.3) is 0 Å². The second-order valence-corrected chi connectivity index (χ2v) is 4.19. The molecule has 2 aliphatic rings. The maximum absolute atomic E-state index is 5.68. The number of nitrogens with two attached hydrogens (primary N) is 1. The first-order valence-corrected chi connectivity index (χ1v) is 5.57. The molecule has 14 heavy (non-hydrogen) atoms. The van der Waals surface area contributed by atoms with Crippen LogP contribution in [0.5, 0.6) is 0 Å². The molecule has 0 aromatic heterocycles. The van der Waals surface area contributed by atoms with Crippen molar-refractivity contribution in [2.75, 3.05) is 19.8 Å². The lowest BCUT2D eigenvalue weighted by Gasteiger charge is -2.33. The van der Waals surface area contributed by atoms with Gasteiger partial charge in [0.1, 0.15) is 0 Å². The molecule has 0 radical (unpaired) electrons. The Kier molecular flexibility index (Phi) is 3.75. The van der Waals surface area contributed by atoms with Gasteiger partial charge in [0.2, 0.25) is 0 Å². The van der Waals surface area contributed by atoms with E-state index < -0.39 is 0 Å². The van der Waals surface area contributed by atoms with Crippen molar-refractivity contribution in [1.29, 1.82) is 0 Å². The van der Waals surface area contributed by atoms with Crippen LogP contribution in [0.1, 0.15) is 25.7 Å². The quantitative estimate of drug-likeness (QED) is 0.512. The smallest absolute Gasteiger partial charge is 0.0745 e. The van der Waals surface area contributed by atoms with E-state index >= 15 is 0 Å². The molecule has 3 N–H and O–H groups in total. The monoisotopic (exact) mass is 200 g/mol. The van der Waals surface area contributed by atoms with Crippen LogP contribution in [-0.2, 0) is 9.47 Å². The summed E-state index contributed by atoms with van der Waals surface area (Å²) in [4.78, 5) is 0. The Balaban J connectivity index is 1.89. The summed E-state index contributed by atoms with van der Waals surface area (Å²) in [5, 5.41) is 0. The van der Waals surface area contributed by atoms with Gasteiger partial charge in [-0.2, -0.15) is 0 Å². The van der Waals surface area contributed by atoms with Gasteiger partial charge in [0, 0.05) is 19.8 Å². The molecule has 2 aliphatic heterocycles. The van der Waals surface area contributed by atoms with E-state index in [1.165, 1.54) is 6.42 Å². The highest BCUT2D eigenvalue weighted by molar-refractivity contribution is 4.85. The van der Waals surface area contributed by atoms with Crippen LogP contribution >= 0.6 is 0 Å². The molecule has 4 heteroatoms. The lowest BCUT2D eigenvalue weighted by molar-refractivity contribution is 0.00973. The van der Waals surface area contributed by atoms with Crippen LogP contribution in [0.15, 0.2) is 0 Å². The summed E-state index contributed by atoms with van der Waals surface area (Å²) in [6.07, 6.45) is 4.85. The minimum Gasteiger partial charge on any atom is -0.381 e. The molecule has 2 fully saturated rings. The summed E-state index contributed by atoms with van der Waals surface area (Å²) >= 11 is 0. The molecule has 4 nitrogen and oxygen atoms in total. The summed E-state index contributed by atoms with van der Waals surface area (Å²) in [7, 11) is 0. The lowest BCUT2D eigenvalue weighted by atomic mass is 9.88. The Morgan fingerprint density at radius 3 is 2.50 bits per heavy atom. The zero-order chi connectivity index (χ0) is 9.80. The van der Waals surface area contributed by atoms with Crippen LogP contribution in [0.2, 0.25) is 0 Å². The Hall–Kier alpha value is -0.160. The van der Waals surface area contributed by atoms with Gasteiger partial charge >= 0.3 is 0 Å². The number of ether oxygens (including phenoxy) is 2. The third kappa shape index (κ3) is 2.25. The van der Waals surface area contributed by atoms with Crippen molar-refractivity contribution in [2.24, 2.45) is 11.8 Å². The second-order valence-electron chi connectivity index (χ2n) is 4.19. The molecule has 0 amide bonds. The fourth-order valence-electron chi connectivity index (χ4n) is 2.51. The van der Waals surface area contributed by atoms with Gasteiger partial charge in [-0.25, -0.2) is 0 Å². The predicted octanol–water partition coefficient (Wildman–Crippen LogP) is 0.424. The van der Waals surface area contributed by atoms with Gasteiger partial charge in [-0.15, -0.1) is 0 Å². The van der Waals surface area contributed by atoms with Crippen molar-refractivity contribution in [2.45, 2.75) is 37.8 Å². The molecule has 0 aromatic rings. The van der Waals surface area contributed by atoms with E-state index in [9.17, 15) is 0 Å². The van der Waals surface area contributed by atoms with Crippen LogP contribution in [0, 0.1) is 5.92 Å². The van der Waals surface area contributed by atoms with Gasteiger partial charge < -0.3 is 9.47 Å². The standard InChI is InChI=1S/C10H20N2O2/c11-12-10(9-2-1-5-14-9)8-3-6-13-7-4-8/h8-10,12H,1-7,11H2. The van der Waals surface area contributed by atoms with E-state index in [4.69, 9.17) is 15.3 Å². The van der Waals surface area contributed by atoms with Crippen LogP contribution < -0.4 is 11.3 Å². The van der Waals surface area contributed by atoms with Crippen molar-refractivity contribution in [3.05, 3.63) is 0 Å². The molecule has 82 valence electrons. The zero-order valence-electron chi connectivity index (χ0n) is 8.58. The lowest BCUT2D eigenvalue weighted by Crippen LogP contribution is -2.50. The number of nitrogens with one attached hydrogen (secondary N) is 1. The molecule has 0 aromatic carbocycles. The van der Waals surface area contributed by atoms with Gasteiger partial charge in [0.15, 0.2) is 0 Å². The first kappa shape index (κ1) is 10.4. The Morgan fingerprint density at radius 1 is 1.14 bits per heavy atom. The van der Waals surface area contributed by atoms with Crippen molar-refractivity contribution < 1.29 is 9.47 Å². The first-order valence-electron chi connectivity index (χ1n) is 5.57. The summed E-state index contributed by atoms with van der Waals surface area (Å²) in [6, 6.07) is 0.321. The Morgan fingerprint density at radius 2 is 1.93 bits per heavy atom. The van der Waals surface area contributed by atoms with Gasteiger partial charge in [-0.1, -0.05) is 0 Å². The molecule has 0 saturated carbocycles. The second kappa shape index (κ2) is 5.07. The molecule has 0 spiro atoms. The maximum atomic E-state index is 5.68. The van der Waals surface area contributed by atoms with Crippen molar-refractivity contribution >= 4 is 0 Å². The number of hydrazine groups is 1. The summed E-state index contributed by atoms with van der Waals surface area (Å²) in [5.74, 6) is 6.23. The van der Waals surface area contributed by atoms with E-state index in [0.29, 0.717) is 18.1 Å². The van der Waals surface area contributed by atoms with Gasteiger partial charge in [0.05, 0.1) is 12.1 Å². The van der Waals surface area contributed by atoms with Crippen molar-refractivity contribution in [3.63, 3.8) is 0 Å². The molecule has 2 atom stereocenters. The largest absolute Gasteiger partial charge is 0.381 e. The average molecular weight is 200 g/mol. The third-order valence-electron chi connectivity index (χ3n) is 3.33. The fraction of sp³-hybridized carbons (Fsp3) is 1.00. The average Bonchev–Trinajstić information content (AvgIpc) is 2.74. The maximum Gasteiger partial charge on any atom is 0.0745 e. The summed E-state index contributed by atoms with van der Waals surface area (Å²) < 4.78 is 11.0. The van der Waals surface area contributed by atoms with E-state index in [1.54, 1.807) is 0 Å². The third-order valence-corrected chi connectivity index (χ3v) is 3.33. The molecule has 0 bridgehead atoms. The van der Waals surface area contributed by atoms with Crippen LogP contribution in [-0.4, -0.2) is 32.0 Å². The van der Waals surface area contributed by atoms with Crippen LogP contribution in [0.4, 0.5) is 0 Å². The summed E-state index contributed by atoms with van der Waals surface area (Å²) in [5.41, 5.74) is 2.93. The molecule has 2 saturated heterocycles. The molecule has 0 aliphatic carbocycles. The number of hydrogen-bond acceptors (Lipinski definition) is 4. The predicted molar refractivity (Wildman–Crippen MR) is 53.6 cm³/mol. The highest BCUT2D eigenvalue weighted by Crippen LogP contribution is 2.26. The Bertz CT molecular complexity index is 166. The van der Waals surface area contributed by atoms with E-state index in [2.05, 4.69) is 5.43 Å². The minimum absolute atomic E-state index is 0.321. The molecular weight excluding hydrogens is 180 g/mol. The molecule has 2 heterocycles. The molecule has 2 rings (SSSR count). The summed E-state index contributed by atoms with van der Waals surface area (Å²) in [6.45, 7) is 2.64. The van der Waals surface area contributed by atoms with E-state index in [-0.39, 0.29) is 0 Å². The van der Waals surface area contributed by atoms with Crippen LogP contribution in [0.25, 0.3) is 0 Å². The Labute approximate surface area is 85.1 Å². The van der Waals surface area contributed by atoms with Crippen molar-refractivity contribution in [3.8, 4) is 0 Å². The fourth-order valence-corrected chi connectivity index (χ4v) is 2.51. The van der Waals surface area contributed by atoms with E-state index in [1.807, 2.05) is 0 Å². The molecular formula is C10H20N2O2. The normalized spacial score (nSPS) is 31.9. The zero-order valence-corrected chi connectivity index (χ0v) is 8.58. The number of hydrogen-bond donors (Lipinski definition) is 2. The van der Waals surface area contributed by atoms with E-state index in [0.717, 1.165) is 39.1 Å². The first-order chi connectivity index (χ1) is 6.92.